The molecule has 164 valence electrons. The van der Waals surface area contributed by atoms with Gasteiger partial charge in [-0.25, -0.2) is 4.18 Å². The van der Waals surface area contributed by atoms with Gasteiger partial charge in [0.15, 0.2) is 0 Å². The van der Waals surface area contributed by atoms with Crippen LogP contribution >= 0.6 is 0 Å². The van der Waals surface area contributed by atoms with Crippen molar-refractivity contribution in [2.24, 2.45) is 0 Å². The first kappa shape index (κ1) is 24.0. The first-order valence-electron chi connectivity index (χ1n) is 10.6. The lowest BCUT2D eigenvalue weighted by Crippen LogP contribution is -2.40. The monoisotopic (exact) mass is 425 g/mol. The molecule has 0 saturated heterocycles. The van der Waals surface area contributed by atoms with Gasteiger partial charge in [-0.05, 0) is 36.8 Å². The Labute approximate surface area is 175 Å². The van der Waals surface area contributed by atoms with Crippen LogP contribution in [-0.2, 0) is 32.3 Å². The molecule has 1 aliphatic rings. The van der Waals surface area contributed by atoms with E-state index < -0.39 is 16.5 Å². The minimum atomic E-state index is -4.51. The number of fused-ring (bicyclic) bond motifs is 1. The van der Waals surface area contributed by atoms with E-state index in [-0.39, 0.29) is 6.61 Å². The number of hydrogen-bond donors (Lipinski definition) is 1. The highest BCUT2D eigenvalue weighted by Gasteiger charge is 2.23. The molecule has 1 atom stereocenters. The third-order valence-electron chi connectivity index (χ3n) is 5.18. The number of unbranched alkanes of at least 4 members (excludes halogenated alkanes) is 6. The van der Waals surface area contributed by atoms with E-state index in [1.54, 1.807) is 0 Å². The Bertz CT molecular complexity index is 707. The zero-order valence-electron chi connectivity index (χ0n) is 17.3. The molecule has 1 unspecified atom stereocenters. The van der Waals surface area contributed by atoms with Gasteiger partial charge in [0.1, 0.15) is 6.10 Å². The van der Waals surface area contributed by atoms with Crippen molar-refractivity contribution in [3.8, 4) is 0 Å². The molecular weight excluding hydrogens is 390 g/mol. The molecule has 0 aliphatic carbocycles. The van der Waals surface area contributed by atoms with Gasteiger partial charge in [0.25, 0.3) is 0 Å². The second-order valence-electron chi connectivity index (χ2n) is 7.67. The van der Waals surface area contributed by atoms with Crippen molar-refractivity contribution in [3.63, 3.8) is 0 Å². The highest BCUT2D eigenvalue weighted by Crippen LogP contribution is 2.19. The van der Waals surface area contributed by atoms with E-state index in [2.05, 4.69) is 23.6 Å². The molecule has 1 aliphatic heterocycles. The predicted octanol–water partition coefficient (Wildman–Crippen LogP) is 4.17. The van der Waals surface area contributed by atoms with Crippen molar-refractivity contribution in [1.29, 1.82) is 0 Å². The van der Waals surface area contributed by atoms with Crippen LogP contribution in [0.25, 0.3) is 0 Å². The number of hydrogen-bond acceptors (Lipinski definition) is 5. The number of allylic oxidation sites excluding steroid dienone is 1. The van der Waals surface area contributed by atoms with Gasteiger partial charge in [-0.3, -0.25) is 9.45 Å². The summed E-state index contributed by atoms with van der Waals surface area (Å²) in [6, 6.07) is 8.26. The Balaban J connectivity index is 1.68. The van der Waals surface area contributed by atoms with Crippen LogP contribution in [0, 0.1) is 0 Å². The molecule has 0 aromatic heterocycles. The maximum absolute atomic E-state index is 11.2. The third kappa shape index (κ3) is 10.4. The van der Waals surface area contributed by atoms with Crippen LogP contribution in [0.1, 0.15) is 56.1 Å². The van der Waals surface area contributed by atoms with E-state index in [9.17, 15) is 8.42 Å². The molecule has 1 heterocycles. The van der Waals surface area contributed by atoms with Crippen molar-refractivity contribution >= 4 is 10.4 Å². The summed E-state index contributed by atoms with van der Waals surface area (Å²) in [5, 5.41) is 0. The summed E-state index contributed by atoms with van der Waals surface area (Å²) in [5.74, 6) is 0. The number of nitrogens with zero attached hydrogens (tertiary/aromatic N) is 1. The van der Waals surface area contributed by atoms with Crippen LogP contribution in [0.15, 0.2) is 36.9 Å². The summed E-state index contributed by atoms with van der Waals surface area (Å²) >= 11 is 0. The minimum absolute atomic E-state index is 0.150. The van der Waals surface area contributed by atoms with E-state index in [1.165, 1.54) is 36.8 Å². The lowest BCUT2D eigenvalue weighted by atomic mass is 10.00. The fourth-order valence-electron chi connectivity index (χ4n) is 3.70. The smallest absolute Gasteiger partial charge is 0.379 e. The minimum Gasteiger partial charge on any atom is -0.379 e. The van der Waals surface area contributed by atoms with Crippen molar-refractivity contribution in [3.05, 3.63) is 48.0 Å². The molecule has 0 fully saturated rings. The van der Waals surface area contributed by atoms with Gasteiger partial charge in [-0.15, -0.1) is 6.58 Å². The average molecular weight is 426 g/mol. The van der Waals surface area contributed by atoms with Crippen LogP contribution in [0.4, 0.5) is 0 Å². The van der Waals surface area contributed by atoms with Crippen LogP contribution in [0.2, 0.25) is 0 Å². The summed E-state index contributed by atoms with van der Waals surface area (Å²) in [7, 11) is -4.51. The first-order valence-corrected chi connectivity index (χ1v) is 12.0. The fraction of sp³-hybridized carbons (Fsp3) is 0.636. The van der Waals surface area contributed by atoms with E-state index in [0.717, 1.165) is 38.8 Å². The van der Waals surface area contributed by atoms with Gasteiger partial charge in [-0.2, -0.15) is 8.42 Å². The maximum Gasteiger partial charge on any atom is 0.397 e. The maximum atomic E-state index is 11.2. The third-order valence-corrected chi connectivity index (χ3v) is 5.70. The second-order valence-corrected chi connectivity index (χ2v) is 8.72. The van der Waals surface area contributed by atoms with Gasteiger partial charge >= 0.3 is 10.4 Å². The molecule has 0 bridgehead atoms. The Kier molecular flexibility index (Phi) is 10.9. The van der Waals surface area contributed by atoms with Crippen molar-refractivity contribution < 1.29 is 21.9 Å². The lowest BCUT2D eigenvalue weighted by Gasteiger charge is -2.31. The fourth-order valence-corrected chi connectivity index (χ4v) is 4.16. The summed E-state index contributed by atoms with van der Waals surface area (Å²) in [5.41, 5.74) is 2.58. The molecule has 1 N–H and O–H groups in total. The first-order chi connectivity index (χ1) is 14.0. The Morgan fingerprint density at radius 2 is 1.79 bits per heavy atom. The van der Waals surface area contributed by atoms with Gasteiger partial charge in [0.2, 0.25) is 0 Å². The van der Waals surface area contributed by atoms with Crippen LogP contribution in [0.3, 0.4) is 0 Å². The normalized spacial score (nSPS) is 15.8. The van der Waals surface area contributed by atoms with Gasteiger partial charge in [0.05, 0.1) is 6.61 Å². The highest BCUT2D eigenvalue weighted by molar-refractivity contribution is 7.80. The quantitative estimate of drug-likeness (QED) is 0.258. The molecule has 2 rings (SSSR count). The van der Waals surface area contributed by atoms with E-state index in [4.69, 9.17) is 13.5 Å². The lowest BCUT2D eigenvalue weighted by molar-refractivity contribution is 0.0240. The SMILES string of the molecule is C=CCCCCCCCCOCC(CN1CCc2ccccc2C1)OS(=O)(=O)O. The number of rotatable bonds is 15. The molecule has 0 amide bonds. The Morgan fingerprint density at radius 1 is 1.10 bits per heavy atom. The molecule has 0 saturated carbocycles. The standard InChI is InChI=1S/C22H35NO5S/c1-2-3-4-5-6-7-8-11-16-27-19-22(28-29(24,25)26)18-23-15-14-20-12-9-10-13-21(20)17-23/h2,9-10,12-13,22H,1,3-8,11,14-19H2,(H,24,25,26). The van der Waals surface area contributed by atoms with Gasteiger partial charge in [0, 0.05) is 26.2 Å². The van der Waals surface area contributed by atoms with Crippen molar-refractivity contribution in [2.75, 3.05) is 26.3 Å². The van der Waals surface area contributed by atoms with Crippen LogP contribution in [-0.4, -0.2) is 50.3 Å². The Hall–Kier alpha value is -1.25. The summed E-state index contributed by atoms with van der Waals surface area (Å²) < 4.78 is 42.1. The molecule has 0 spiro atoms. The molecular formula is C22H35NO5S. The molecule has 29 heavy (non-hydrogen) atoms. The Morgan fingerprint density at radius 3 is 2.52 bits per heavy atom. The van der Waals surface area contributed by atoms with Gasteiger partial charge < -0.3 is 4.74 Å². The molecule has 1 aromatic rings. The highest BCUT2D eigenvalue weighted by atomic mass is 32.3. The van der Waals surface area contributed by atoms with E-state index in [0.29, 0.717) is 13.2 Å². The summed E-state index contributed by atoms with van der Waals surface area (Å²) in [6.45, 7) is 6.42. The number of ether oxygens (including phenoxy) is 1. The molecule has 0 radical (unpaired) electrons. The predicted molar refractivity (Wildman–Crippen MR) is 115 cm³/mol. The van der Waals surface area contributed by atoms with Crippen LogP contribution in [0.5, 0.6) is 0 Å². The van der Waals surface area contributed by atoms with E-state index in [1.807, 2.05) is 18.2 Å². The molecule has 7 heteroatoms. The topological polar surface area (TPSA) is 76.1 Å². The summed E-state index contributed by atoms with van der Waals surface area (Å²) in [4.78, 5) is 2.14. The molecule has 1 aromatic carbocycles. The molecule has 6 nitrogen and oxygen atoms in total. The average Bonchev–Trinajstić information content (AvgIpc) is 2.68. The van der Waals surface area contributed by atoms with Crippen LogP contribution < -0.4 is 0 Å². The number of benzene rings is 1. The zero-order chi connectivity index (χ0) is 21.0. The van der Waals surface area contributed by atoms with E-state index >= 15 is 0 Å². The zero-order valence-corrected chi connectivity index (χ0v) is 18.1. The summed E-state index contributed by atoms with van der Waals surface area (Å²) in [6.07, 6.45) is 10.1. The van der Waals surface area contributed by atoms with Gasteiger partial charge in [-0.1, -0.05) is 56.0 Å². The second kappa shape index (κ2) is 13.1. The largest absolute Gasteiger partial charge is 0.397 e. The van der Waals surface area contributed by atoms with Crippen molar-refractivity contribution in [1.82, 2.24) is 4.90 Å². The van der Waals surface area contributed by atoms with Crippen molar-refractivity contribution in [2.45, 2.75) is 64.0 Å².